The number of rotatable bonds is 10. The van der Waals surface area contributed by atoms with Gasteiger partial charge in [-0.25, -0.2) is 0 Å². The number of aliphatic carboxylic acids is 1. The van der Waals surface area contributed by atoms with Crippen molar-refractivity contribution in [1.82, 2.24) is 5.32 Å². The molecule has 0 fully saturated rings. The second kappa shape index (κ2) is 16.8. The molecule has 0 spiro atoms. The predicted octanol–water partition coefficient (Wildman–Crippen LogP) is 1.27. The van der Waals surface area contributed by atoms with Crippen molar-refractivity contribution >= 4 is 88.1 Å². The molecule has 0 aliphatic rings. The first kappa shape index (κ1) is 31.3. The van der Waals surface area contributed by atoms with Crippen LogP contribution in [0.25, 0.3) is 0 Å². The summed E-state index contributed by atoms with van der Waals surface area (Å²) < 4.78 is 15.4. The van der Waals surface area contributed by atoms with Gasteiger partial charge in [-0.15, -0.1) is 11.6 Å². The average molecular weight is 479 g/mol. The van der Waals surface area contributed by atoms with E-state index in [0.29, 0.717) is 6.61 Å². The van der Waals surface area contributed by atoms with Gasteiger partial charge in [0.05, 0.1) is 18.5 Å². The molecular weight excluding hydrogens is 450 g/mol. The number of alkyl halides is 1. The van der Waals surface area contributed by atoms with E-state index >= 15 is 0 Å². The summed E-state index contributed by atoms with van der Waals surface area (Å²) in [5.41, 5.74) is 3.12. The molecule has 1 rings (SSSR count). The average Bonchev–Trinajstić information content (AvgIpc) is 2.61. The maximum atomic E-state index is 12.0. The van der Waals surface area contributed by atoms with Gasteiger partial charge in [-0.3, -0.25) is 24.4 Å². The molecule has 1 amide bonds. The molecule has 9 nitrogen and oxygen atoms in total. The summed E-state index contributed by atoms with van der Waals surface area (Å²) in [6, 6.07) is 6.03. The molecule has 12 heteroatoms. The molecule has 0 saturated carbocycles. The van der Waals surface area contributed by atoms with Crippen molar-refractivity contribution in [3.63, 3.8) is 0 Å². The van der Waals surface area contributed by atoms with Gasteiger partial charge in [0, 0.05) is 6.61 Å². The third kappa shape index (κ3) is 14.0. The van der Waals surface area contributed by atoms with Crippen LogP contribution in [-0.2, 0) is 25.3 Å². The van der Waals surface area contributed by atoms with E-state index in [9.17, 15) is 14.2 Å². The number of carboxylic acid groups (broad SMARTS) is 1. The second-order valence-corrected chi connectivity index (χ2v) is 7.57. The van der Waals surface area contributed by atoms with Crippen LogP contribution in [0, 0.1) is 6.92 Å². The summed E-state index contributed by atoms with van der Waals surface area (Å²) >= 11 is 5.68. The molecule has 0 aliphatic heterocycles. The Hall–Kier alpha value is 0.156. The first-order chi connectivity index (χ1) is 13.1. The minimum atomic E-state index is -4.10. The molecular formula is C17H29ClKN2O7P. The number of carboxylic acids is 1. The molecule has 0 heterocycles. The Morgan fingerprint density at radius 2 is 1.90 bits per heavy atom. The fourth-order valence-electron chi connectivity index (χ4n) is 2.22. The molecule has 1 aromatic carbocycles. The number of ether oxygens (including phenoxy) is 1. The number of halogens is 1. The first-order valence-corrected chi connectivity index (χ1v) is 10.9. The Kier molecular flexibility index (Phi) is 18.2. The number of carbonyl (C=O) groups is 2. The van der Waals surface area contributed by atoms with E-state index in [1.54, 1.807) is 4.90 Å². The fourth-order valence-corrected chi connectivity index (χ4v) is 2.76. The predicted molar refractivity (Wildman–Crippen MR) is 115 cm³/mol. The molecule has 4 N–H and O–H groups in total. The topological polar surface area (TPSA) is 136 Å². The Morgan fingerprint density at radius 3 is 2.34 bits per heavy atom. The van der Waals surface area contributed by atoms with Crippen LogP contribution < -0.4 is 10.2 Å². The van der Waals surface area contributed by atoms with Gasteiger partial charge >= 0.3 is 64.9 Å². The summed E-state index contributed by atoms with van der Waals surface area (Å²) in [5.74, 6) is -1.31. The summed E-state index contributed by atoms with van der Waals surface area (Å²) in [6.07, 6.45) is 0.272. The van der Waals surface area contributed by atoms with Gasteiger partial charge in [-0.05, 0) is 31.4 Å². The standard InChI is InChI=1S/C14H20ClNO2.C3H8NO5P.K.H/c1-4-12-8-6-7-11(3)14(12)16(10-18-5-2)13(17)9-15;5-3(6)1-4-2-10(7,8)9;;/h6-8H,4-5,9-10H2,1-3H3;4H,1-2H2,(H,5,6)(H2,7,8,9);;. The summed E-state index contributed by atoms with van der Waals surface area (Å²) in [6.45, 7) is 6.35. The Balaban J connectivity index is 0. The maximum absolute atomic E-state index is 12.0. The number of para-hydroxylation sites is 1. The van der Waals surface area contributed by atoms with Crippen molar-refractivity contribution < 1.29 is 33.8 Å². The summed E-state index contributed by atoms with van der Waals surface area (Å²) in [7, 11) is -4.10. The van der Waals surface area contributed by atoms with Gasteiger partial charge < -0.3 is 19.6 Å². The number of carbonyl (C=O) groups excluding carboxylic acids is 1. The number of nitrogens with one attached hydrogen (secondary N) is 1. The van der Waals surface area contributed by atoms with Crippen molar-refractivity contribution in [1.29, 1.82) is 0 Å². The van der Waals surface area contributed by atoms with Gasteiger partial charge in [0.15, 0.2) is 0 Å². The van der Waals surface area contributed by atoms with E-state index in [4.69, 9.17) is 31.2 Å². The molecule has 0 bridgehead atoms. The molecule has 0 aliphatic carbocycles. The van der Waals surface area contributed by atoms with Crippen LogP contribution in [0.2, 0.25) is 0 Å². The van der Waals surface area contributed by atoms with E-state index in [2.05, 4.69) is 12.2 Å². The number of benzene rings is 1. The third-order valence-electron chi connectivity index (χ3n) is 3.41. The van der Waals surface area contributed by atoms with E-state index in [0.717, 1.165) is 23.2 Å². The van der Waals surface area contributed by atoms with Gasteiger partial charge in [0.2, 0.25) is 5.91 Å². The zero-order valence-electron chi connectivity index (χ0n) is 16.2. The van der Waals surface area contributed by atoms with E-state index in [1.165, 1.54) is 0 Å². The molecule has 162 valence electrons. The summed E-state index contributed by atoms with van der Waals surface area (Å²) in [4.78, 5) is 39.7. The molecule has 0 aromatic heterocycles. The molecule has 29 heavy (non-hydrogen) atoms. The van der Waals surface area contributed by atoms with Crippen LogP contribution in [0.5, 0.6) is 0 Å². The number of anilines is 1. The molecule has 0 atom stereocenters. The van der Waals surface area contributed by atoms with Crippen LogP contribution in [0.4, 0.5) is 5.69 Å². The van der Waals surface area contributed by atoms with E-state index < -0.39 is 26.4 Å². The number of hydrogen-bond acceptors (Lipinski definition) is 5. The number of hydrogen-bond donors (Lipinski definition) is 4. The third-order valence-corrected chi connectivity index (χ3v) is 4.27. The van der Waals surface area contributed by atoms with Crippen molar-refractivity contribution in [2.24, 2.45) is 0 Å². The van der Waals surface area contributed by atoms with Crippen LogP contribution >= 0.6 is 19.2 Å². The van der Waals surface area contributed by atoms with Crippen molar-refractivity contribution in [3.05, 3.63) is 29.3 Å². The van der Waals surface area contributed by atoms with Crippen LogP contribution in [0.1, 0.15) is 25.0 Å². The minimum absolute atomic E-state index is 0. The molecule has 1 aromatic rings. The van der Waals surface area contributed by atoms with E-state index in [-0.39, 0.29) is 69.9 Å². The van der Waals surface area contributed by atoms with Crippen molar-refractivity contribution in [2.75, 3.05) is 36.9 Å². The Labute approximate surface area is 218 Å². The summed E-state index contributed by atoms with van der Waals surface area (Å²) in [5, 5.41) is 10.1. The van der Waals surface area contributed by atoms with Crippen molar-refractivity contribution in [2.45, 2.75) is 27.2 Å². The van der Waals surface area contributed by atoms with Crippen LogP contribution in [0.15, 0.2) is 18.2 Å². The normalized spacial score (nSPS) is 10.4. The zero-order valence-corrected chi connectivity index (χ0v) is 17.9. The van der Waals surface area contributed by atoms with Gasteiger partial charge in [0.25, 0.3) is 0 Å². The Morgan fingerprint density at radius 1 is 1.28 bits per heavy atom. The first-order valence-electron chi connectivity index (χ1n) is 8.56. The second-order valence-electron chi connectivity index (χ2n) is 5.66. The fraction of sp³-hybridized carbons (Fsp3) is 0.529. The zero-order chi connectivity index (χ0) is 21.7. The van der Waals surface area contributed by atoms with Gasteiger partial charge in [-0.2, -0.15) is 0 Å². The number of nitrogens with zero attached hydrogens (tertiary/aromatic N) is 1. The van der Waals surface area contributed by atoms with Gasteiger partial charge in [-0.1, -0.05) is 25.1 Å². The molecule has 0 unspecified atom stereocenters. The van der Waals surface area contributed by atoms with Crippen LogP contribution in [0.3, 0.4) is 0 Å². The Bertz CT molecular complexity index is 688. The van der Waals surface area contributed by atoms with Crippen LogP contribution in [-0.4, -0.2) is 110 Å². The quantitative estimate of drug-likeness (QED) is 0.171. The van der Waals surface area contributed by atoms with Crippen molar-refractivity contribution in [3.8, 4) is 0 Å². The molecule has 0 saturated heterocycles. The number of aryl methyl sites for hydroxylation is 2. The number of amides is 1. The monoisotopic (exact) mass is 478 g/mol. The van der Waals surface area contributed by atoms with Gasteiger partial charge in [0.1, 0.15) is 12.6 Å². The SMILES string of the molecule is CCOCN(C(=O)CCl)c1c(C)cccc1CC.O=C(O)CNCP(=O)(O)O.[KH]. The molecule has 0 radical (unpaired) electrons. The van der Waals surface area contributed by atoms with E-state index in [1.807, 2.05) is 32.0 Å².